The van der Waals surface area contributed by atoms with Gasteiger partial charge in [0, 0.05) is 5.56 Å². The van der Waals surface area contributed by atoms with Crippen molar-refractivity contribution in [2.45, 2.75) is 71.1 Å². The van der Waals surface area contributed by atoms with Crippen LogP contribution in [0.4, 0.5) is 0 Å². The summed E-state index contributed by atoms with van der Waals surface area (Å²) in [4.78, 5) is 25.9. The van der Waals surface area contributed by atoms with Gasteiger partial charge in [-0.2, -0.15) is 0 Å². The number of esters is 2. The number of hydrogen-bond donors (Lipinski definition) is 0. The number of cyclic esters (lactones) is 1. The van der Waals surface area contributed by atoms with E-state index >= 15 is 0 Å². The zero-order valence-electron chi connectivity index (χ0n) is 18.3. The maximum atomic E-state index is 13.0. The number of benzene rings is 1. The van der Waals surface area contributed by atoms with Crippen LogP contribution in [-0.2, 0) is 27.9 Å². The number of ether oxygens (including phenoxy) is 2. The summed E-state index contributed by atoms with van der Waals surface area (Å²) in [5.74, 6) is 2.71. The van der Waals surface area contributed by atoms with Crippen LogP contribution in [0.2, 0.25) is 39.3 Å². The smallest absolute Gasteiger partial charge is 0.340 e. The first-order valence-corrected chi connectivity index (χ1v) is 16.9. The Hall–Kier alpha value is -1.85. The molecule has 0 saturated carbocycles. The molecule has 0 radical (unpaired) electrons. The fourth-order valence-electron chi connectivity index (χ4n) is 4.31. The summed E-state index contributed by atoms with van der Waals surface area (Å²) in [5, 5.41) is 0.980. The third-order valence-electron chi connectivity index (χ3n) is 5.36. The van der Waals surface area contributed by atoms with E-state index in [1.54, 1.807) is 0 Å². The number of carbonyl (C=O) groups excluding carboxylic acids is 2. The number of hydrogen-bond acceptors (Lipinski definition) is 4. The molecule has 3 rings (SSSR count). The highest BCUT2D eigenvalue weighted by Gasteiger charge is 2.49. The van der Waals surface area contributed by atoms with E-state index in [1.807, 2.05) is 6.92 Å². The molecule has 0 fully saturated rings. The molecule has 0 bridgehead atoms. The predicted molar refractivity (Wildman–Crippen MR) is 117 cm³/mol. The lowest BCUT2D eigenvalue weighted by Gasteiger charge is -2.30. The molecule has 0 N–H and O–H groups in total. The van der Waals surface area contributed by atoms with E-state index in [0.29, 0.717) is 11.1 Å². The van der Waals surface area contributed by atoms with Crippen LogP contribution in [0.25, 0.3) is 0 Å². The van der Waals surface area contributed by atoms with Gasteiger partial charge >= 0.3 is 11.9 Å². The Kier molecular flexibility index (Phi) is 4.92. The molecule has 4 nitrogen and oxygen atoms in total. The van der Waals surface area contributed by atoms with Gasteiger partial charge in [0.2, 0.25) is 0 Å². The van der Waals surface area contributed by atoms with E-state index in [1.165, 1.54) is 7.11 Å². The van der Waals surface area contributed by atoms with Crippen molar-refractivity contribution < 1.29 is 19.1 Å². The van der Waals surface area contributed by atoms with Gasteiger partial charge in [-0.1, -0.05) is 45.2 Å². The molecule has 1 aliphatic carbocycles. The summed E-state index contributed by atoms with van der Waals surface area (Å²) in [6, 6.07) is 0. The molecule has 6 heteroatoms. The average Bonchev–Trinajstić information content (AvgIpc) is 3.13. The van der Waals surface area contributed by atoms with Crippen molar-refractivity contribution in [3.05, 3.63) is 27.8 Å². The van der Waals surface area contributed by atoms with Gasteiger partial charge in [-0.15, -0.1) is 5.54 Å². The molecule has 0 saturated heterocycles. The Morgan fingerprint density at radius 3 is 2.25 bits per heavy atom. The second-order valence-electron chi connectivity index (χ2n) is 9.98. The molecule has 0 amide bonds. The quantitative estimate of drug-likeness (QED) is 0.420. The number of rotatable bonds is 2. The first-order valence-electron chi connectivity index (χ1n) is 9.89. The molecule has 1 atom stereocenters. The first-order chi connectivity index (χ1) is 12.8. The normalized spacial score (nSPS) is 20.8. The molecule has 1 aromatic rings. The van der Waals surface area contributed by atoms with Gasteiger partial charge in [-0.3, -0.25) is 0 Å². The molecular formula is C22H30O4Si2. The second kappa shape index (κ2) is 6.60. The summed E-state index contributed by atoms with van der Waals surface area (Å²) in [6.07, 6.45) is 2.53. The third-order valence-corrected chi connectivity index (χ3v) is 8.24. The van der Waals surface area contributed by atoms with E-state index in [9.17, 15) is 9.59 Å². The standard InChI is InChI=1S/C22H30O4Si2/c1-22(12-13-27(3,4)5)18-16(21(24)26-22)14-10-9-11-15(14)17(20(23)25-2)19(18)28(6,7)8/h9-11H2,1-8H3/t22-/m1/s1. The molecule has 1 heterocycles. The van der Waals surface area contributed by atoms with E-state index < -0.39 is 21.7 Å². The average molecular weight is 415 g/mol. The van der Waals surface area contributed by atoms with Crippen LogP contribution >= 0.6 is 0 Å². The van der Waals surface area contributed by atoms with Gasteiger partial charge in [0.25, 0.3) is 0 Å². The van der Waals surface area contributed by atoms with Crippen molar-refractivity contribution in [3.8, 4) is 11.5 Å². The maximum absolute atomic E-state index is 13.0. The molecule has 1 aromatic carbocycles. The van der Waals surface area contributed by atoms with Crippen molar-refractivity contribution in [2.75, 3.05) is 7.11 Å². The van der Waals surface area contributed by atoms with Crippen molar-refractivity contribution in [2.24, 2.45) is 0 Å². The minimum absolute atomic E-state index is 0.295. The molecule has 0 unspecified atom stereocenters. The minimum Gasteiger partial charge on any atom is -0.465 e. The topological polar surface area (TPSA) is 52.6 Å². The van der Waals surface area contributed by atoms with E-state index in [2.05, 4.69) is 50.7 Å². The lowest BCUT2D eigenvalue weighted by molar-refractivity contribution is 0.0242. The number of carbonyl (C=O) groups is 2. The lowest BCUT2D eigenvalue weighted by atomic mass is 9.87. The Bertz CT molecular complexity index is 939. The maximum Gasteiger partial charge on any atom is 0.340 e. The van der Waals surface area contributed by atoms with Crippen LogP contribution in [0.5, 0.6) is 0 Å². The van der Waals surface area contributed by atoms with E-state index in [4.69, 9.17) is 9.47 Å². The van der Waals surface area contributed by atoms with Crippen molar-refractivity contribution in [1.29, 1.82) is 0 Å². The summed E-state index contributed by atoms with van der Waals surface area (Å²) in [5.41, 5.74) is 6.52. The molecule has 28 heavy (non-hydrogen) atoms. The van der Waals surface area contributed by atoms with E-state index in [-0.39, 0.29) is 11.9 Å². The highest BCUT2D eigenvalue weighted by molar-refractivity contribution is 6.90. The fraction of sp³-hybridized carbons (Fsp3) is 0.545. The molecule has 150 valence electrons. The summed E-state index contributed by atoms with van der Waals surface area (Å²) in [6.45, 7) is 15.0. The van der Waals surface area contributed by atoms with Gasteiger partial charge in [0.05, 0.1) is 26.3 Å². The second-order valence-corrected chi connectivity index (χ2v) is 19.7. The van der Waals surface area contributed by atoms with Gasteiger partial charge in [0.1, 0.15) is 8.07 Å². The van der Waals surface area contributed by atoms with Crippen LogP contribution in [0.1, 0.15) is 50.8 Å². The Morgan fingerprint density at radius 1 is 1.11 bits per heavy atom. The van der Waals surface area contributed by atoms with Crippen molar-refractivity contribution >= 4 is 33.3 Å². The molecule has 0 aromatic heterocycles. The van der Waals surface area contributed by atoms with Crippen molar-refractivity contribution in [1.82, 2.24) is 0 Å². The molecule has 2 aliphatic rings. The SMILES string of the molecule is COC(=O)c1c2c(c3c(c1[Si](C)(C)C)[C@@](C)(C#C[Si](C)(C)C)OC3=O)CCC2. The zero-order valence-corrected chi connectivity index (χ0v) is 20.3. The number of fused-ring (bicyclic) bond motifs is 3. The monoisotopic (exact) mass is 414 g/mol. The Morgan fingerprint density at radius 2 is 1.71 bits per heavy atom. The predicted octanol–water partition coefficient (Wildman–Crippen LogP) is 3.77. The molecular weight excluding hydrogens is 384 g/mol. The van der Waals surface area contributed by atoms with Crippen LogP contribution < -0.4 is 5.19 Å². The fourth-order valence-corrected chi connectivity index (χ4v) is 7.04. The zero-order chi connectivity index (χ0) is 21.1. The van der Waals surface area contributed by atoms with Crippen LogP contribution in [0.15, 0.2) is 0 Å². The lowest BCUT2D eigenvalue weighted by Crippen LogP contribution is -2.48. The van der Waals surface area contributed by atoms with Crippen LogP contribution in [-0.4, -0.2) is 35.2 Å². The Labute approximate surface area is 170 Å². The van der Waals surface area contributed by atoms with Crippen molar-refractivity contribution in [3.63, 3.8) is 0 Å². The van der Waals surface area contributed by atoms with Gasteiger partial charge in [0.15, 0.2) is 5.60 Å². The summed E-state index contributed by atoms with van der Waals surface area (Å²) in [7, 11) is -2.29. The van der Waals surface area contributed by atoms with Gasteiger partial charge in [-0.05, 0) is 42.5 Å². The first kappa shape index (κ1) is 20.9. The highest BCUT2D eigenvalue weighted by atomic mass is 28.3. The van der Waals surface area contributed by atoms with Gasteiger partial charge < -0.3 is 9.47 Å². The highest BCUT2D eigenvalue weighted by Crippen LogP contribution is 2.43. The third kappa shape index (κ3) is 3.35. The number of methoxy groups -OCH3 is 1. The van der Waals surface area contributed by atoms with Crippen LogP contribution in [0, 0.1) is 11.5 Å². The minimum atomic E-state index is -2.04. The van der Waals surface area contributed by atoms with Crippen LogP contribution in [0.3, 0.4) is 0 Å². The molecule has 0 spiro atoms. The molecule has 1 aliphatic heterocycles. The summed E-state index contributed by atoms with van der Waals surface area (Å²) < 4.78 is 11.1. The largest absolute Gasteiger partial charge is 0.465 e. The van der Waals surface area contributed by atoms with E-state index in [0.717, 1.165) is 41.1 Å². The van der Waals surface area contributed by atoms with Gasteiger partial charge in [-0.25, -0.2) is 9.59 Å². The Balaban J connectivity index is 2.47. The summed E-state index contributed by atoms with van der Waals surface area (Å²) >= 11 is 0.